The monoisotopic (exact) mass is 312 g/mol. The Kier molecular flexibility index (Phi) is 3.89. The fourth-order valence-corrected chi connectivity index (χ4v) is 2.40. The van der Waals surface area contributed by atoms with Gasteiger partial charge in [0.2, 0.25) is 5.91 Å². The average Bonchev–Trinajstić information content (AvgIpc) is 2.83. The maximum atomic E-state index is 12.0. The Bertz CT molecular complexity index is 924. The van der Waals surface area contributed by atoms with Gasteiger partial charge in [-0.1, -0.05) is 18.2 Å². The molecule has 118 valence electrons. The summed E-state index contributed by atoms with van der Waals surface area (Å²) in [6.45, 7) is 2.05. The van der Waals surface area contributed by atoms with Crippen LogP contribution in [0.15, 0.2) is 51.7 Å². The molecule has 23 heavy (non-hydrogen) atoms. The molecule has 0 unspecified atom stereocenters. The van der Waals surface area contributed by atoms with Crippen LogP contribution < -0.4 is 11.1 Å². The maximum absolute atomic E-state index is 12.0. The number of aromatic hydroxyl groups is 1. The molecule has 6 heteroatoms. The Labute approximate surface area is 132 Å². The molecule has 0 bridgehead atoms. The number of anilines is 1. The summed E-state index contributed by atoms with van der Waals surface area (Å²) in [6, 6.07) is 12.1. The molecule has 0 aliphatic heterocycles. The minimum absolute atomic E-state index is 0.0178. The minimum Gasteiger partial charge on any atom is -0.506 e. The Morgan fingerprint density at radius 1 is 1.26 bits per heavy atom. The number of carbonyl (C=O) groups is 1. The van der Waals surface area contributed by atoms with E-state index in [9.17, 15) is 14.7 Å². The minimum atomic E-state index is -0.489. The number of aromatic nitrogens is 1. The molecule has 0 fully saturated rings. The van der Waals surface area contributed by atoms with E-state index >= 15 is 0 Å². The molecule has 0 saturated carbocycles. The van der Waals surface area contributed by atoms with Crippen molar-refractivity contribution in [2.24, 2.45) is 0 Å². The van der Waals surface area contributed by atoms with E-state index in [0.29, 0.717) is 16.8 Å². The number of aryl methyl sites for hydroxylation is 2. The van der Waals surface area contributed by atoms with Gasteiger partial charge in [-0.15, -0.1) is 0 Å². The highest BCUT2D eigenvalue weighted by Crippen LogP contribution is 2.24. The van der Waals surface area contributed by atoms with Crippen molar-refractivity contribution >= 4 is 22.7 Å². The van der Waals surface area contributed by atoms with Gasteiger partial charge in [-0.05, 0) is 36.8 Å². The van der Waals surface area contributed by atoms with Crippen molar-refractivity contribution in [2.75, 3.05) is 5.32 Å². The second-order valence-electron chi connectivity index (χ2n) is 5.31. The zero-order chi connectivity index (χ0) is 16.4. The molecule has 0 atom stereocenters. The van der Waals surface area contributed by atoms with Crippen LogP contribution in [0.5, 0.6) is 5.75 Å². The smallest absolute Gasteiger partial charge is 0.419 e. The second kappa shape index (κ2) is 6.00. The van der Waals surface area contributed by atoms with Gasteiger partial charge in [0.15, 0.2) is 5.58 Å². The highest BCUT2D eigenvalue weighted by molar-refractivity contribution is 5.92. The molecule has 0 radical (unpaired) electrons. The first-order chi connectivity index (χ1) is 11.0. The van der Waals surface area contributed by atoms with E-state index in [1.54, 1.807) is 42.5 Å². The lowest BCUT2D eigenvalue weighted by molar-refractivity contribution is -0.116. The third-order valence-corrected chi connectivity index (χ3v) is 3.56. The number of fused-ring (bicyclic) bond motifs is 1. The highest BCUT2D eigenvalue weighted by atomic mass is 16.4. The topological polar surface area (TPSA) is 84.5 Å². The van der Waals surface area contributed by atoms with Gasteiger partial charge in [-0.2, -0.15) is 0 Å². The molecule has 2 N–H and O–H groups in total. The Morgan fingerprint density at radius 2 is 2.04 bits per heavy atom. The van der Waals surface area contributed by atoms with E-state index in [1.165, 1.54) is 4.57 Å². The van der Waals surface area contributed by atoms with Gasteiger partial charge in [0.05, 0.1) is 11.2 Å². The molecule has 0 spiro atoms. The SMILES string of the molecule is Cc1ccc(NC(=O)CCn2c(=O)oc3ccccc32)c(O)c1. The lowest BCUT2D eigenvalue weighted by Crippen LogP contribution is -2.19. The number of hydrogen-bond acceptors (Lipinski definition) is 4. The lowest BCUT2D eigenvalue weighted by atomic mass is 10.2. The second-order valence-corrected chi connectivity index (χ2v) is 5.31. The number of nitrogens with zero attached hydrogens (tertiary/aromatic N) is 1. The average molecular weight is 312 g/mol. The predicted molar refractivity (Wildman–Crippen MR) is 86.6 cm³/mol. The number of hydrogen-bond donors (Lipinski definition) is 2. The predicted octanol–water partition coefficient (Wildman–Crippen LogP) is 2.64. The van der Waals surface area contributed by atoms with Crippen molar-refractivity contribution < 1.29 is 14.3 Å². The standard InChI is InChI=1S/C17H16N2O4/c1-11-6-7-12(14(20)10-11)18-16(21)8-9-19-13-4-2-3-5-15(13)23-17(19)22/h2-7,10,20H,8-9H2,1H3,(H,18,21). The molecule has 0 saturated heterocycles. The Hall–Kier alpha value is -3.02. The maximum Gasteiger partial charge on any atom is 0.419 e. The van der Waals surface area contributed by atoms with Crippen LogP contribution in [-0.4, -0.2) is 15.6 Å². The van der Waals surface area contributed by atoms with E-state index in [4.69, 9.17) is 4.42 Å². The van der Waals surface area contributed by atoms with Crippen LogP contribution >= 0.6 is 0 Å². The highest BCUT2D eigenvalue weighted by Gasteiger charge is 2.11. The van der Waals surface area contributed by atoms with Crippen LogP contribution in [0.1, 0.15) is 12.0 Å². The number of oxazole rings is 1. The van der Waals surface area contributed by atoms with Gasteiger partial charge in [0.1, 0.15) is 5.75 Å². The largest absolute Gasteiger partial charge is 0.506 e. The van der Waals surface area contributed by atoms with Gasteiger partial charge < -0.3 is 14.8 Å². The molecule has 3 aromatic rings. The molecule has 1 aromatic heterocycles. The van der Waals surface area contributed by atoms with Gasteiger partial charge in [0, 0.05) is 13.0 Å². The van der Waals surface area contributed by atoms with Gasteiger partial charge >= 0.3 is 5.76 Å². The van der Waals surface area contributed by atoms with Gasteiger partial charge in [0.25, 0.3) is 0 Å². The van der Waals surface area contributed by atoms with E-state index in [-0.39, 0.29) is 24.6 Å². The van der Waals surface area contributed by atoms with Crippen molar-refractivity contribution in [3.8, 4) is 5.75 Å². The van der Waals surface area contributed by atoms with Crippen LogP contribution in [0.4, 0.5) is 5.69 Å². The summed E-state index contributed by atoms with van der Waals surface area (Å²) in [7, 11) is 0. The first kappa shape index (κ1) is 14.9. The molecular formula is C17H16N2O4. The van der Waals surface area contributed by atoms with Gasteiger partial charge in [-0.3, -0.25) is 9.36 Å². The summed E-state index contributed by atoms with van der Waals surface area (Å²) in [5.41, 5.74) is 2.40. The number of phenols is 1. The Morgan fingerprint density at radius 3 is 2.83 bits per heavy atom. The van der Waals surface area contributed by atoms with E-state index < -0.39 is 5.76 Å². The first-order valence-corrected chi connectivity index (χ1v) is 7.22. The zero-order valence-electron chi connectivity index (χ0n) is 12.6. The zero-order valence-corrected chi connectivity index (χ0v) is 12.6. The third kappa shape index (κ3) is 3.11. The number of amides is 1. The normalized spacial score (nSPS) is 10.8. The fourth-order valence-electron chi connectivity index (χ4n) is 2.40. The van der Waals surface area contributed by atoms with E-state index in [1.807, 2.05) is 6.92 Å². The van der Waals surface area contributed by atoms with Crippen molar-refractivity contribution in [3.63, 3.8) is 0 Å². The van der Waals surface area contributed by atoms with Gasteiger partial charge in [-0.25, -0.2) is 4.79 Å². The molecular weight excluding hydrogens is 296 g/mol. The quantitative estimate of drug-likeness (QED) is 0.725. The summed E-state index contributed by atoms with van der Waals surface area (Å²) >= 11 is 0. The van der Waals surface area contributed by atoms with Crippen LogP contribution in [0.3, 0.4) is 0 Å². The molecule has 0 aliphatic rings. The van der Waals surface area contributed by atoms with Crippen molar-refractivity contribution in [1.29, 1.82) is 0 Å². The molecule has 6 nitrogen and oxygen atoms in total. The molecule has 1 heterocycles. The Balaban J connectivity index is 1.71. The van der Waals surface area contributed by atoms with Crippen molar-refractivity contribution in [3.05, 3.63) is 58.6 Å². The van der Waals surface area contributed by atoms with Crippen LogP contribution in [0.25, 0.3) is 11.1 Å². The molecule has 2 aromatic carbocycles. The van der Waals surface area contributed by atoms with Crippen LogP contribution in [-0.2, 0) is 11.3 Å². The van der Waals surface area contributed by atoms with Crippen LogP contribution in [0.2, 0.25) is 0 Å². The number of phenolic OH excluding ortho intramolecular Hbond substituents is 1. The third-order valence-electron chi connectivity index (χ3n) is 3.56. The fraction of sp³-hybridized carbons (Fsp3) is 0.176. The number of nitrogens with one attached hydrogen (secondary N) is 1. The summed E-state index contributed by atoms with van der Waals surface area (Å²) in [5, 5.41) is 12.4. The summed E-state index contributed by atoms with van der Waals surface area (Å²) in [6.07, 6.45) is 0.0940. The van der Waals surface area contributed by atoms with E-state index in [0.717, 1.165) is 5.56 Å². The summed E-state index contributed by atoms with van der Waals surface area (Å²) in [4.78, 5) is 23.8. The van der Waals surface area contributed by atoms with E-state index in [2.05, 4.69) is 5.32 Å². The molecule has 1 amide bonds. The molecule has 3 rings (SSSR count). The number of para-hydroxylation sites is 2. The summed E-state index contributed by atoms with van der Waals surface area (Å²) < 4.78 is 6.54. The first-order valence-electron chi connectivity index (χ1n) is 7.22. The number of benzene rings is 2. The van der Waals surface area contributed by atoms with Crippen molar-refractivity contribution in [1.82, 2.24) is 4.57 Å². The van der Waals surface area contributed by atoms with Crippen molar-refractivity contribution in [2.45, 2.75) is 19.9 Å². The summed E-state index contributed by atoms with van der Waals surface area (Å²) in [5.74, 6) is -0.761. The molecule has 0 aliphatic carbocycles. The lowest BCUT2D eigenvalue weighted by Gasteiger charge is -2.08. The van der Waals surface area contributed by atoms with Crippen LogP contribution in [0, 0.1) is 6.92 Å². The number of rotatable bonds is 4. The number of carbonyl (C=O) groups excluding carboxylic acids is 1.